The maximum Gasteiger partial charge on any atom is 0.271 e. The SMILES string of the molecule is O=C(c1cnc2sccn2c1=O)N1CCC2(CCCCOC[C@@H]3CCCN3C(=O)c3ccccc3OC2)CC1. The predicted octanol–water partition coefficient (Wildman–Crippen LogP) is 3.86. The number of piperidine rings is 1. The minimum absolute atomic E-state index is 0.00529. The minimum Gasteiger partial charge on any atom is -0.492 e. The lowest BCUT2D eigenvalue weighted by molar-refractivity contribution is 0.0302. The zero-order valence-corrected chi connectivity index (χ0v) is 22.9. The van der Waals surface area contributed by atoms with Crippen LogP contribution in [-0.2, 0) is 4.74 Å². The largest absolute Gasteiger partial charge is 0.492 e. The molecule has 2 fully saturated rings. The zero-order chi connectivity index (χ0) is 26.8. The molecule has 5 heterocycles. The van der Waals surface area contributed by atoms with Gasteiger partial charge in [-0.05, 0) is 50.7 Å². The summed E-state index contributed by atoms with van der Waals surface area (Å²) >= 11 is 1.36. The predicted molar refractivity (Wildman–Crippen MR) is 148 cm³/mol. The second-order valence-corrected chi connectivity index (χ2v) is 11.8. The summed E-state index contributed by atoms with van der Waals surface area (Å²) < 4.78 is 13.9. The highest BCUT2D eigenvalue weighted by atomic mass is 32.1. The summed E-state index contributed by atoms with van der Waals surface area (Å²) in [4.78, 5) is 48.3. The summed E-state index contributed by atoms with van der Waals surface area (Å²) in [7, 11) is 0. The number of rotatable bonds is 1. The van der Waals surface area contributed by atoms with E-state index in [0.29, 0.717) is 49.2 Å². The Bertz CT molecular complexity index is 1410. The lowest BCUT2D eigenvalue weighted by Crippen LogP contribution is -2.47. The smallest absolute Gasteiger partial charge is 0.271 e. The Labute approximate surface area is 231 Å². The number of hydrogen-bond donors (Lipinski definition) is 0. The van der Waals surface area contributed by atoms with Crippen LogP contribution in [0.25, 0.3) is 4.96 Å². The number of carbonyl (C=O) groups excluding carboxylic acids is 2. The van der Waals surface area contributed by atoms with E-state index in [9.17, 15) is 14.4 Å². The summed E-state index contributed by atoms with van der Waals surface area (Å²) in [5, 5.41) is 1.79. The molecular formula is C29H34N4O5S. The van der Waals surface area contributed by atoms with Gasteiger partial charge in [0.15, 0.2) is 4.96 Å². The molecule has 0 saturated carbocycles. The third-order valence-corrected chi connectivity index (χ3v) is 9.30. The van der Waals surface area contributed by atoms with Crippen molar-refractivity contribution in [1.29, 1.82) is 0 Å². The normalized spacial score (nSPS) is 22.3. The first kappa shape index (κ1) is 26.0. The quantitative estimate of drug-likeness (QED) is 0.457. The molecule has 39 heavy (non-hydrogen) atoms. The average Bonchev–Trinajstić information content (AvgIpc) is 3.64. The van der Waals surface area contributed by atoms with Crippen molar-refractivity contribution in [2.75, 3.05) is 39.5 Å². The Morgan fingerprint density at radius 1 is 1.05 bits per heavy atom. The van der Waals surface area contributed by atoms with Crippen LogP contribution in [0.1, 0.15) is 65.7 Å². The Kier molecular flexibility index (Phi) is 7.40. The van der Waals surface area contributed by atoms with Crippen LogP contribution >= 0.6 is 11.3 Å². The van der Waals surface area contributed by atoms with E-state index in [2.05, 4.69) is 4.98 Å². The van der Waals surface area contributed by atoms with E-state index in [0.717, 1.165) is 51.5 Å². The van der Waals surface area contributed by atoms with Crippen LogP contribution < -0.4 is 10.3 Å². The van der Waals surface area contributed by atoms with Gasteiger partial charge < -0.3 is 19.3 Å². The minimum atomic E-state index is -0.325. The summed E-state index contributed by atoms with van der Waals surface area (Å²) in [6.45, 7) is 3.56. The molecule has 0 N–H and O–H groups in total. The van der Waals surface area contributed by atoms with Crippen molar-refractivity contribution in [1.82, 2.24) is 19.2 Å². The number of fused-ring (bicyclic) bond motifs is 3. The number of ether oxygens (including phenoxy) is 2. The Morgan fingerprint density at radius 2 is 1.90 bits per heavy atom. The second-order valence-electron chi connectivity index (χ2n) is 10.9. The molecular weight excluding hydrogens is 516 g/mol. The summed E-state index contributed by atoms with van der Waals surface area (Å²) in [5.74, 6) is 0.354. The number of amides is 2. The van der Waals surface area contributed by atoms with Gasteiger partial charge in [0, 0.05) is 49.4 Å². The van der Waals surface area contributed by atoms with E-state index >= 15 is 0 Å². The molecule has 1 atom stereocenters. The zero-order valence-electron chi connectivity index (χ0n) is 22.0. The van der Waals surface area contributed by atoms with Crippen LogP contribution in [0, 0.1) is 5.41 Å². The van der Waals surface area contributed by atoms with Crippen molar-refractivity contribution in [3.8, 4) is 5.75 Å². The van der Waals surface area contributed by atoms with Gasteiger partial charge in [0.25, 0.3) is 17.4 Å². The van der Waals surface area contributed by atoms with Crippen molar-refractivity contribution < 1.29 is 19.1 Å². The molecule has 3 aromatic rings. The molecule has 0 bridgehead atoms. The Morgan fingerprint density at radius 3 is 2.77 bits per heavy atom. The van der Waals surface area contributed by atoms with E-state index in [1.54, 1.807) is 16.5 Å². The van der Waals surface area contributed by atoms with Gasteiger partial charge in [-0.25, -0.2) is 4.98 Å². The molecule has 0 aliphatic carbocycles. The Hall–Kier alpha value is -3.24. The number of hydrogen-bond acceptors (Lipinski definition) is 7. The standard InChI is InChI=1S/C29H34N4O5S/c34-25(23-18-30-28-33(27(23)36)15-17-39-28)31-13-10-29(11-14-31)9-3-4-16-37-19-21-6-5-12-32(21)26(35)22-7-1-2-8-24(22)38-20-29/h1-2,7-8,15,17-18,21H,3-6,9-14,16,19-20H2/t21-/m0/s1. The molecule has 1 aromatic carbocycles. The molecule has 6 rings (SSSR count). The number of para-hydroxylation sites is 1. The highest BCUT2D eigenvalue weighted by Gasteiger charge is 2.38. The fraction of sp³-hybridized carbons (Fsp3) is 0.517. The number of thiazole rings is 1. The van der Waals surface area contributed by atoms with Crippen molar-refractivity contribution in [2.45, 2.75) is 51.0 Å². The molecule has 3 aliphatic heterocycles. The van der Waals surface area contributed by atoms with E-state index in [4.69, 9.17) is 9.47 Å². The molecule has 2 saturated heterocycles. The lowest BCUT2D eigenvalue weighted by Gasteiger charge is -2.42. The molecule has 0 unspecified atom stereocenters. The molecule has 2 amide bonds. The first-order valence-electron chi connectivity index (χ1n) is 13.9. The molecule has 206 valence electrons. The topological polar surface area (TPSA) is 93.5 Å². The van der Waals surface area contributed by atoms with E-state index in [1.807, 2.05) is 29.2 Å². The van der Waals surface area contributed by atoms with Crippen LogP contribution in [0.15, 0.2) is 46.8 Å². The highest BCUT2D eigenvalue weighted by Crippen LogP contribution is 2.38. The van der Waals surface area contributed by atoms with Crippen molar-refractivity contribution in [3.05, 3.63) is 63.5 Å². The fourth-order valence-corrected chi connectivity index (χ4v) is 6.82. The maximum atomic E-state index is 13.5. The van der Waals surface area contributed by atoms with Crippen LogP contribution in [0.4, 0.5) is 0 Å². The summed E-state index contributed by atoms with van der Waals surface area (Å²) in [6.07, 6.45) is 9.46. The van der Waals surface area contributed by atoms with Gasteiger partial charge in [0.2, 0.25) is 0 Å². The first-order valence-corrected chi connectivity index (χ1v) is 14.8. The van der Waals surface area contributed by atoms with Gasteiger partial charge in [-0.1, -0.05) is 18.6 Å². The van der Waals surface area contributed by atoms with Crippen LogP contribution in [0.2, 0.25) is 0 Å². The maximum absolute atomic E-state index is 13.5. The molecule has 0 radical (unpaired) electrons. The number of aromatic nitrogens is 2. The van der Waals surface area contributed by atoms with E-state index in [1.165, 1.54) is 21.9 Å². The fourth-order valence-electron chi connectivity index (χ4n) is 6.15. The molecule has 1 spiro atoms. The van der Waals surface area contributed by atoms with Crippen LogP contribution in [0.5, 0.6) is 5.75 Å². The van der Waals surface area contributed by atoms with Gasteiger partial charge in [-0.15, -0.1) is 11.3 Å². The van der Waals surface area contributed by atoms with Crippen LogP contribution in [-0.4, -0.2) is 76.5 Å². The van der Waals surface area contributed by atoms with Crippen molar-refractivity contribution in [2.24, 2.45) is 5.41 Å². The van der Waals surface area contributed by atoms with E-state index in [-0.39, 0.29) is 34.4 Å². The third kappa shape index (κ3) is 5.19. The highest BCUT2D eigenvalue weighted by molar-refractivity contribution is 7.15. The van der Waals surface area contributed by atoms with Gasteiger partial charge in [-0.3, -0.25) is 18.8 Å². The summed E-state index contributed by atoms with van der Waals surface area (Å²) in [5.41, 5.74) is 0.252. The van der Waals surface area contributed by atoms with Gasteiger partial charge in [0.05, 0.1) is 24.8 Å². The molecule has 2 aromatic heterocycles. The first-order chi connectivity index (χ1) is 19.0. The molecule has 10 heteroatoms. The molecule has 9 nitrogen and oxygen atoms in total. The number of likely N-dealkylation sites (tertiary alicyclic amines) is 1. The van der Waals surface area contributed by atoms with Gasteiger partial charge >= 0.3 is 0 Å². The second kappa shape index (κ2) is 11.1. The molecule has 3 aliphatic rings. The number of nitrogens with zero attached hydrogens (tertiary/aromatic N) is 4. The monoisotopic (exact) mass is 550 g/mol. The lowest BCUT2D eigenvalue weighted by atomic mass is 9.75. The van der Waals surface area contributed by atoms with Gasteiger partial charge in [-0.2, -0.15) is 0 Å². The Balaban J connectivity index is 1.19. The summed E-state index contributed by atoms with van der Waals surface area (Å²) in [6, 6.07) is 7.64. The van der Waals surface area contributed by atoms with Crippen molar-refractivity contribution >= 4 is 28.1 Å². The van der Waals surface area contributed by atoms with Crippen molar-refractivity contribution in [3.63, 3.8) is 0 Å². The third-order valence-electron chi connectivity index (χ3n) is 8.53. The van der Waals surface area contributed by atoms with Gasteiger partial charge in [0.1, 0.15) is 11.3 Å². The van der Waals surface area contributed by atoms with Crippen LogP contribution in [0.3, 0.4) is 0 Å². The average molecular weight is 551 g/mol. The number of carbonyl (C=O) groups is 2. The van der Waals surface area contributed by atoms with E-state index < -0.39 is 0 Å². The number of benzene rings is 1.